The lowest BCUT2D eigenvalue weighted by Crippen LogP contribution is -2.12. The quantitative estimate of drug-likeness (QED) is 0.127. The van der Waals surface area contributed by atoms with Crippen molar-refractivity contribution in [3.63, 3.8) is 0 Å². The first kappa shape index (κ1) is 36.4. The molecule has 15 heteroatoms. The average molecular weight is 779 g/mol. The molecule has 0 radical (unpaired) electrons. The first-order valence-corrected chi connectivity index (χ1v) is 17.9. The molecule has 4 aromatic carbocycles. The molecule has 0 saturated carbocycles. The number of benzene rings is 4. The van der Waals surface area contributed by atoms with Crippen molar-refractivity contribution < 1.29 is 27.1 Å². The smallest absolute Gasteiger partial charge is 0.255 e. The lowest BCUT2D eigenvalue weighted by molar-refractivity contribution is 0.102. The summed E-state index contributed by atoms with van der Waals surface area (Å²) in [6.45, 7) is 4.54. The Balaban J connectivity index is 1.08. The number of rotatable bonds is 11. The molecule has 1 amide bonds. The van der Waals surface area contributed by atoms with Gasteiger partial charge >= 0.3 is 0 Å². The summed E-state index contributed by atoms with van der Waals surface area (Å²) in [5, 5.41) is 10.2. The van der Waals surface area contributed by atoms with Crippen molar-refractivity contribution in [1.29, 1.82) is 0 Å². The van der Waals surface area contributed by atoms with Crippen LogP contribution in [-0.2, 0) is 26.1 Å². The average Bonchev–Trinajstić information content (AvgIpc) is 3.89. The number of hydrogen-bond acceptors (Lipinski definition) is 6. The molecular formula is C41H31ClF4N8O2. The van der Waals surface area contributed by atoms with Crippen molar-refractivity contribution in [2.45, 2.75) is 40.0 Å². The molecule has 0 unspecified atom stereocenters. The zero-order chi connectivity index (χ0) is 39.1. The predicted molar refractivity (Wildman–Crippen MR) is 204 cm³/mol. The van der Waals surface area contributed by atoms with Crippen LogP contribution < -0.4 is 10.1 Å². The zero-order valence-electron chi connectivity index (χ0n) is 29.9. The van der Waals surface area contributed by atoms with Crippen LogP contribution >= 0.6 is 11.6 Å². The Kier molecular flexibility index (Phi) is 9.72. The van der Waals surface area contributed by atoms with Crippen LogP contribution in [0.25, 0.3) is 33.2 Å². The molecule has 8 aromatic rings. The zero-order valence-corrected chi connectivity index (χ0v) is 30.6. The summed E-state index contributed by atoms with van der Waals surface area (Å²) < 4.78 is 70.3. The number of anilines is 1. The highest BCUT2D eigenvalue weighted by Crippen LogP contribution is 2.30. The minimum atomic E-state index is -0.807. The molecule has 0 aliphatic rings. The summed E-state index contributed by atoms with van der Waals surface area (Å²) in [7, 11) is 0. The van der Waals surface area contributed by atoms with Crippen LogP contribution in [0.15, 0.2) is 91.4 Å². The molecule has 0 aliphatic heterocycles. The van der Waals surface area contributed by atoms with E-state index in [0.717, 1.165) is 11.8 Å². The summed E-state index contributed by atoms with van der Waals surface area (Å²) in [5.74, 6) is -2.81. The maximum atomic E-state index is 15.9. The van der Waals surface area contributed by atoms with Gasteiger partial charge in [-0.1, -0.05) is 23.7 Å². The SMILES string of the molecule is CCn1cncc1Cn1c(Cc2c(F)cc(-c3cccc(OCc4ccc(Cl)cc4F)n3)cc2F)nc2cc(NC(=O)c3cc(F)c4n[nH]c(C)c4c3)ccc21. The van der Waals surface area contributed by atoms with Gasteiger partial charge in [0, 0.05) is 69.3 Å². The van der Waals surface area contributed by atoms with E-state index in [-0.39, 0.29) is 57.4 Å². The van der Waals surface area contributed by atoms with Crippen LogP contribution in [0.3, 0.4) is 0 Å². The third-order valence-electron chi connectivity index (χ3n) is 9.50. The summed E-state index contributed by atoms with van der Waals surface area (Å²) >= 11 is 5.84. The number of carbonyl (C=O) groups excluding carboxylic acids is 1. The van der Waals surface area contributed by atoms with Gasteiger partial charge in [0.1, 0.15) is 35.4 Å². The van der Waals surface area contributed by atoms with Crippen LogP contribution in [0.1, 0.15) is 45.6 Å². The topological polar surface area (TPSA) is 116 Å². The molecule has 4 heterocycles. The van der Waals surface area contributed by atoms with E-state index in [1.807, 2.05) is 16.1 Å². The van der Waals surface area contributed by atoms with Crippen molar-refractivity contribution in [3.8, 4) is 17.1 Å². The van der Waals surface area contributed by atoms with E-state index in [4.69, 9.17) is 21.3 Å². The second-order valence-electron chi connectivity index (χ2n) is 13.1. The first-order chi connectivity index (χ1) is 27.0. The van der Waals surface area contributed by atoms with Crippen LogP contribution in [0.2, 0.25) is 5.02 Å². The van der Waals surface area contributed by atoms with E-state index in [2.05, 4.69) is 25.5 Å². The fourth-order valence-corrected chi connectivity index (χ4v) is 6.71. The number of aromatic amines is 1. The van der Waals surface area contributed by atoms with Crippen LogP contribution in [0, 0.1) is 30.2 Å². The maximum Gasteiger partial charge on any atom is 0.255 e. The Hall–Kier alpha value is -6.54. The highest BCUT2D eigenvalue weighted by molar-refractivity contribution is 6.30. The number of imidazole rings is 2. The predicted octanol–water partition coefficient (Wildman–Crippen LogP) is 9.18. The van der Waals surface area contributed by atoms with Crippen LogP contribution in [-0.4, -0.2) is 40.2 Å². The summed E-state index contributed by atoms with van der Waals surface area (Å²) in [4.78, 5) is 26.7. The number of halogens is 5. The molecule has 0 spiro atoms. The second kappa shape index (κ2) is 14.9. The number of nitrogens with one attached hydrogen (secondary N) is 2. The van der Waals surface area contributed by atoms with Crippen LogP contribution in [0.4, 0.5) is 23.2 Å². The van der Waals surface area contributed by atoms with Gasteiger partial charge in [0.05, 0.1) is 35.3 Å². The van der Waals surface area contributed by atoms with Crippen molar-refractivity contribution in [2.75, 3.05) is 5.32 Å². The molecule has 4 aromatic heterocycles. The Morgan fingerprint density at radius 2 is 1.75 bits per heavy atom. The number of aryl methyl sites for hydroxylation is 2. The normalized spacial score (nSPS) is 11.5. The molecule has 0 saturated heterocycles. The van der Waals surface area contributed by atoms with E-state index in [0.29, 0.717) is 46.7 Å². The van der Waals surface area contributed by atoms with Gasteiger partial charge in [-0.05, 0) is 74.5 Å². The minimum Gasteiger partial charge on any atom is -0.473 e. The third-order valence-corrected chi connectivity index (χ3v) is 9.73. The van der Waals surface area contributed by atoms with Gasteiger partial charge in [0.25, 0.3) is 5.91 Å². The van der Waals surface area contributed by atoms with Crippen molar-refractivity contribution >= 4 is 45.1 Å². The number of hydrogen-bond donors (Lipinski definition) is 2. The van der Waals surface area contributed by atoms with Gasteiger partial charge in [-0.25, -0.2) is 32.5 Å². The van der Waals surface area contributed by atoms with E-state index in [1.165, 1.54) is 24.3 Å². The molecule has 0 fully saturated rings. The Labute approximate surface area is 321 Å². The highest BCUT2D eigenvalue weighted by atomic mass is 35.5. The number of aromatic nitrogens is 7. The molecule has 0 atom stereocenters. The van der Waals surface area contributed by atoms with E-state index < -0.39 is 29.2 Å². The lowest BCUT2D eigenvalue weighted by Gasteiger charge is -2.13. The van der Waals surface area contributed by atoms with Gasteiger partial charge in [-0.2, -0.15) is 5.10 Å². The minimum absolute atomic E-state index is 0.107. The fraction of sp³-hybridized carbons (Fsp3) is 0.146. The molecule has 0 aliphatic carbocycles. The number of H-pyrrole nitrogens is 1. The Bertz CT molecular complexity index is 2770. The number of fused-ring (bicyclic) bond motifs is 2. The molecule has 56 heavy (non-hydrogen) atoms. The second-order valence-corrected chi connectivity index (χ2v) is 13.6. The van der Waals surface area contributed by atoms with Gasteiger partial charge in [0.15, 0.2) is 5.82 Å². The maximum absolute atomic E-state index is 15.9. The number of carbonyl (C=O) groups is 1. The Morgan fingerprint density at radius 3 is 2.54 bits per heavy atom. The summed E-state index contributed by atoms with van der Waals surface area (Å²) in [6.07, 6.45) is 3.22. The van der Waals surface area contributed by atoms with E-state index in [1.54, 1.807) is 68.0 Å². The third kappa shape index (κ3) is 7.18. The van der Waals surface area contributed by atoms with Gasteiger partial charge in [-0.3, -0.25) is 9.89 Å². The molecule has 2 N–H and O–H groups in total. The summed E-state index contributed by atoms with van der Waals surface area (Å²) in [5.41, 5.74) is 3.72. The number of pyridine rings is 1. The highest BCUT2D eigenvalue weighted by Gasteiger charge is 2.21. The molecule has 8 rings (SSSR count). The molecule has 10 nitrogen and oxygen atoms in total. The number of ether oxygens (including phenoxy) is 1. The van der Waals surface area contributed by atoms with E-state index >= 15 is 8.78 Å². The fourth-order valence-electron chi connectivity index (χ4n) is 6.55. The number of amides is 1. The van der Waals surface area contributed by atoms with Gasteiger partial charge in [0.2, 0.25) is 5.88 Å². The summed E-state index contributed by atoms with van der Waals surface area (Å²) in [6, 6.07) is 19.2. The Morgan fingerprint density at radius 1 is 0.929 bits per heavy atom. The largest absolute Gasteiger partial charge is 0.473 e. The van der Waals surface area contributed by atoms with Crippen molar-refractivity contribution in [3.05, 3.63) is 154 Å². The van der Waals surface area contributed by atoms with Gasteiger partial charge in [-0.15, -0.1) is 0 Å². The standard InChI is InChI=1S/C41H31ClF4N8O2/c1-3-53-21-47-18-28(53)19-54-37-10-9-27(48-41(55)25-11-29-22(2)51-52-40(29)34(46)14-25)16-36(37)49-38(54)17-30-32(44)12-24(13-33(30)45)35-5-4-6-39(50-35)56-20-23-7-8-26(42)15-31(23)43/h4-16,18,21H,3,17,19-20H2,1-2H3,(H,48,55)(H,51,52). The van der Waals surface area contributed by atoms with Crippen molar-refractivity contribution in [1.82, 2.24) is 34.3 Å². The monoisotopic (exact) mass is 778 g/mol. The van der Waals surface area contributed by atoms with Crippen molar-refractivity contribution in [2.24, 2.45) is 0 Å². The van der Waals surface area contributed by atoms with Crippen LogP contribution in [0.5, 0.6) is 5.88 Å². The van der Waals surface area contributed by atoms with E-state index in [9.17, 15) is 13.6 Å². The number of nitrogens with zero attached hydrogens (tertiary/aromatic N) is 6. The molecule has 282 valence electrons. The molecule has 0 bridgehead atoms. The van der Waals surface area contributed by atoms with Gasteiger partial charge < -0.3 is 19.2 Å². The molecular weight excluding hydrogens is 748 g/mol. The lowest BCUT2D eigenvalue weighted by atomic mass is 10.0. The first-order valence-electron chi connectivity index (χ1n) is 17.5.